The highest BCUT2D eigenvalue weighted by molar-refractivity contribution is 7.98. The van der Waals surface area contributed by atoms with Crippen LogP contribution in [0.15, 0.2) is 30.9 Å². The van der Waals surface area contributed by atoms with E-state index in [4.69, 9.17) is 0 Å². The molecule has 140 valence electrons. The van der Waals surface area contributed by atoms with E-state index in [-0.39, 0.29) is 5.54 Å². The van der Waals surface area contributed by atoms with Gasteiger partial charge in [0.15, 0.2) is 0 Å². The Labute approximate surface area is 167 Å². The summed E-state index contributed by atoms with van der Waals surface area (Å²) in [4.78, 5) is 7.40. The molecule has 28 heavy (non-hydrogen) atoms. The van der Waals surface area contributed by atoms with Gasteiger partial charge in [-0.1, -0.05) is 11.9 Å². The van der Waals surface area contributed by atoms with Crippen molar-refractivity contribution in [3.05, 3.63) is 36.4 Å². The number of nitrogens with zero attached hydrogens (tertiary/aromatic N) is 6. The molecule has 1 saturated heterocycles. The topological polar surface area (TPSA) is 97.3 Å². The largest absolute Gasteiger partial charge is 0.346 e. The lowest BCUT2D eigenvalue weighted by molar-refractivity contribution is 0.0805. The van der Waals surface area contributed by atoms with Gasteiger partial charge >= 0.3 is 0 Å². The standard InChI is InChI=1S/C20H19N7S/c1-19(3-4-19)28-26-12-20(13-26,5-6-21)27-11-15(10-25-27)17-14(8-22)9-24-18-16(17)2-7-23-18/h2,7,9-11H,3-5,12-13H2,1H3,(H,23,24). The number of nitriles is 2. The maximum Gasteiger partial charge on any atom is 0.137 e. The Morgan fingerprint density at radius 2 is 2.11 bits per heavy atom. The van der Waals surface area contributed by atoms with E-state index in [1.165, 1.54) is 12.8 Å². The normalized spacial score (nSPS) is 19.7. The van der Waals surface area contributed by atoms with Crippen LogP contribution in [0.25, 0.3) is 22.2 Å². The second kappa shape index (κ2) is 6.10. The average Bonchev–Trinajstić information content (AvgIpc) is 3.06. The van der Waals surface area contributed by atoms with Crippen LogP contribution in [-0.4, -0.2) is 41.9 Å². The highest BCUT2D eigenvalue weighted by atomic mass is 32.2. The van der Waals surface area contributed by atoms with Crippen molar-refractivity contribution in [1.29, 1.82) is 10.5 Å². The third-order valence-electron chi connectivity index (χ3n) is 5.72. The minimum Gasteiger partial charge on any atom is -0.346 e. The first-order valence-electron chi connectivity index (χ1n) is 9.29. The molecule has 3 aromatic heterocycles. The number of aromatic nitrogens is 4. The second-order valence-electron chi connectivity index (χ2n) is 7.97. The predicted molar refractivity (Wildman–Crippen MR) is 107 cm³/mol. The molecule has 4 heterocycles. The van der Waals surface area contributed by atoms with Gasteiger partial charge < -0.3 is 4.98 Å². The van der Waals surface area contributed by atoms with Gasteiger partial charge in [-0.05, 0) is 25.8 Å². The lowest BCUT2D eigenvalue weighted by Crippen LogP contribution is -2.60. The number of nitrogens with one attached hydrogen (secondary N) is 1. The first-order valence-corrected chi connectivity index (χ1v) is 10.1. The lowest BCUT2D eigenvalue weighted by Gasteiger charge is -2.49. The lowest BCUT2D eigenvalue weighted by atomic mass is 9.89. The van der Waals surface area contributed by atoms with E-state index in [0.717, 1.165) is 35.2 Å². The molecule has 1 N–H and O–H groups in total. The Kier molecular flexibility index (Phi) is 3.77. The number of pyridine rings is 1. The third kappa shape index (κ3) is 2.69. The third-order valence-corrected chi connectivity index (χ3v) is 7.08. The zero-order valence-corrected chi connectivity index (χ0v) is 16.3. The van der Waals surface area contributed by atoms with Crippen molar-refractivity contribution in [2.24, 2.45) is 0 Å². The molecule has 3 aromatic rings. The van der Waals surface area contributed by atoms with E-state index < -0.39 is 0 Å². The van der Waals surface area contributed by atoms with Gasteiger partial charge in [0.25, 0.3) is 0 Å². The summed E-state index contributed by atoms with van der Waals surface area (Å²) in [7, 11) is 0. The first-order chi connectivity index (χ1) is 13.6. The number of aromatic amines is 1. The fraction of sp³-hybridized carbons (Fsp3) is 0.400. The molecule has 0 radical (unpaired) electrons. The van der Waals surface area contributed by atoms with E-state index >= 15 is 0 Å². The zero-order chi connectivity index (χ0) is 19.4. The Hall–Kier alpha value is -2.81. The van der Waals surface area contributed by atoms with Crippen molar-refractivity contribution in [2.75, 3.05) is 13.1 Å². The van der Waals surface area contributed by atoms with E-state index in [2.05, 4.69) is 38.4 Å². The molecule has 2 fully saturated rings. The number of H-pyrrole nitrogens is 1. The van der Waals surface area contributed by atoms with Crippen LogP contribution < -0.4 is 0 Å². The molecule has 1 aliphatic heterocycles. The van der Waals surface area contributed by atoms with Gasteiger partial charge in [-0.15, -0.1) is 0 Å². The Balaban J connectivity index is 1.48. The number of hydrogen-bond donors (Lipinski definition) is 1. The van der Waals surface area contributed by atoms with E-state index in [1.807, 2.05) is 35.1 Å². The molecule has 0 atom stereocenters. The first kappa shape index (κ1) is 17.3. The molecule has 5 rings (SSSR count). The maximum absolute atomic E-state index is 9.55. The van der Waals surface area contributed by atoms with Gasteiger partial charge in [0.05, 0.1) is 24.3 Å². The molecule has 0 bridgehead atoms. The highest BCUT2D eigenvalue weighted by Gasteiger charge is 2.50. The smallest absolute Gasteiger partial charge is 0.137 e. The molecular weight excluding hydrogens is 370 g/mol. The summed E-state index contributed by atoms with van der Waals surface area (Å²) in [5.41, 5.74) is 2.68. The van der Waals surface area contributed by atoms with Crippen LogP contribution >= 0.6 is 11.9 Å². The van der Waals surface area contributed by atoms with E-state index in [1.54, 1.807) is 12.4 Å². The molecule has 2 aliphatic rings. The molecule has 8 heteroatoms. The summed E-state index contributed by atoms with van der Waals surface area (Å²) in [6.07, 6.45) is 10.1. The predicted octanol–water partition coefficient (Wildman–Crippen LogP) is 3.42. The van der Waals surface area contributed by atoms with Gasteiger partial charge in [-0.2, -0.15) is 15.6 Å². The fourth-order valence-corrected chi connectivity index (χ4v) is 5.37. The molecule has 7 nitrogen and oxygen atoms in total. The van der Waals surface area contributed by atoms with Crippen LogP contribution in [-0.2, 0) is 5.54 Å². The Morgan fingerprint density at radius 1 is 1.29 bits per heavy atom. The van der Waals surface area contributed by atoms with E-state index in [0.29, 0.717) is 16.7 Å². The average molecular weight is 389 g/mol. The van der Waals surface area contributed by atoms with Crippen molar-refractivity contribution in [3.63, 3.8) is 0 Å². The SMILES string of the molecule is CC1(SN2CC(CC#N)(n3cc(-c4c(C#N)cnc5[nH]ccc45)cn3)C2)CC1. The van der Waals surface area contributed by atoms with Crippen molar-refractivity contribution < 1.29 is 0 Å². The maximum atomic E-state index is 9.55. The van der Waals surface area contributed by atoms with Crippen molar-refractivity contribution in [3.8, 4) is 23.3 Å². The monoisotopic (exact) mass is 389 g/mol. The zero-order valence-electron chi connectivity index (χ0n) is 15.5. The van der Waals surface area contributed by atoms with Gasteiger partial charge in [-0.25, -0.2) is 9.29 Å². The molecule has 0 unspecified atom stereocenters. The highest BCUT2D eigenvalue weighted by Crippen LogP contribution is 2.52. The van der Waals surface area contributed by atoms with Crippen LogP contribution in [0.3, 0.4) is 0 Å². The van der Waals surface area contributed by atoms with Crippen LogP contribution in [0.2, 0.25) is 0 Å². The molecular formula is C20H19N7S. The molecule has 0 spiro atoms. The minimum absolute atomic E-state index is 0.303. The van der Waals surface area contributed by atoms with Crippen LogP contribution in [0.5, 0.6) is 0 Å². The molecule has 1 saturated carbocycles. The minimum atomic E-state index is -0.303. The van der Waals surface area contributed by atoms with Crippen molar-refractivity contribution in [1.82, 2.24) is 24.1 Å². The molecule has 1 aliphatic carbocycles. The summed E-state index contributed by atoms with van der Waals surface area (Å²) in [6.45, 7) is 3.91. The van der Waals surface area contributed by atoms with E-state index in [9.17, 15) is 10.5 Å². The van der Waals surface area contributed by atoms with Gasteiger partial charge in [0.2, 0.25) is 0 Å². The van der Waals surface area contributed by atoms with Gasteiger partial charge in [-0.3, -0.25) is 4.68 Å². The van der Waals surface area contributed by atoms with Crippen LogP contribution in [0.4, 0.5) is 0 Å². The fourth-order valence-electron chi connectivity index (χ4n) is 3.85. The number of rotatable bonds is 5. The second-order valence-corrected chi connectivity index (χ2v) is 9.66. The van der Waals surface area contributed by atoms with Gasteiger partial charge in [0, 0.05) is 52.9 Å². The quantitative estimate of drug-likeness (QED) is 0.672. The summed E-state index contributed by atoms with van der Waals surface area (Å²) in [5.74, 6) is 0. The summed E-state index contributed by atoms with van der Waals surface area (Å²) >= 11 is 1.92. The molecule has 0 aromatic carbocycles. The molecule has 0 amide bonds. The van der Waals surface area contributed by atoms with Crippen LogP contribution in [0, 0.1) is 22.7 Å². The Morgan fingerprint density at radius 3 is 2.82 bits per heavy atom. The van der Waals surface area contributed by atoms with Crippen molar-refractivity contribution >= 4 is 23.0 Å². The summed E-state index contributed by atoms with van der Waals surface area (Å²) < 4.78 is 4.66. The van der Waals surface area contributed by atoms with Gasteiger partial charge in [0.1, 0.15) is 17.3 Å². The Bertz CT molecular complexity index is 1140. The number of hydrogen-bond acceptors (Lipinski definition) is 6. The van der Waals surface area contributed by atoms with Crippen molar-refractivity contribution in [2.45, 2.75) is 36.5 Å². The van der Waals surface area contributed by atoms with Crippen LogP contribution in [0.1, 0.15) is 31.7 Å². The summed E-state index contributed by atoms with van der Waals surface area (Å²) in [6, 6.07) is 6.51. The number of fused-ring (bicyclic) bond motifs is 1. The summed E-state index contributed by atoms with van der Waals surface area (Å²) in [5, 5.41) is 24.5.